The van der Waals surface area contributed by atoms with E-state index in [1.165, 1.54) is 19.3 Å². The summed E-state index contributed by atoms with van der Waals surface area (Å²) in [5.74, 6) is 1.68. The van der Waals surface area contributed by atoms with Gasteiger partial charge in [-0.05, 0) is 17.4 Å². The minimum atomic E-state index is 0.718. The Bertz CT molecular complexity index is 86.9. The molecule has 1 heteroatoms. The zero-order valence-corrected chi connectivity index (χ0v) is 9.35. The molecule has 0 N–H and O–H groups in total. The molecular weight excluding hydrogens is 148 g/mol. The minimum Gasteiger partial charge on any atom is -0.0651 e. The van der Waals surface area contributed by atoms with Crippen molar-refractivity contribution in [3.8, 4) is 0 Å². The summed E-state index contributed by atoms with van der Waals surface area (Å²) in [4.78, 5) is 0. The molecule has 0 amide bonds. The van der Waals surface area contributed by atoms with Gasteiger partial charge in [-0.3, -0.25) is 0 Å². The summed E-state index contributed by atoms with van der Waals surface area (Å²) in [6, 6.07) is 0. The standard InChI is InChI=1S/C10H21Si/c1-5-8(4)10(11)9(6-2)7-3/h8-10H,5-7H2,1-4H3. The third-order valence-corrected chi connectivity index (χ3v) is 3.85. The second-order valence-corrected chi connectivity index (χ2v) is 4.15. The fraction of sp³-hybridized carbons (Fsp3) is 1.00. The normalized spacial score (nSPS) is 16.9. The second kappa shape index (κ2) is 5.82. The van der Waals surface area contributed by atoms with Crippen molar-refractivity contribution in [1.29, 1.82) is 0 Å². The Morgan fingerprint density at radius 3 is 1.73 bits per heavy atom. The lowest BCUT2D eigenvalue weighted by atomic mass is 9.89. The molecule has 2 unspecified atom stereocenters. The van der Waals surface area contributed by atoms with Crippen LogP contribution in [0.5, 0.6) is 0 Å². The van der Waals surface area contributed by atoms with E-state index in [2.05, 4.69) is 37.9 Å². The van der Waals surface area contributed by atoms with E-state index in [1.807, 2.05) is 0 Å². The summed E-state index contributed by atoms with van der Waals surface area (Å²) >= 11 is 0. The third-order valence-electron chi connectivity index (χ3n) is 2.81. The molecular formula is C10H21Si. The van der Waals surface area contributed by atoms with Gasteiger partial charge in [-0.2, -0.15) is 0 Å². The van der Waals surface area contributed by atoms with Crippen LogP contribution in [-0.2, 0) is 0 Å². The van der Waals surface area contributed by atoms with E-state index >= 15 is 0 Å². The fourth-order valence-corrected chi connectivity index (χ4v) is 2.22. The van der Waals surface area contributed by atoms with Crippen molar-refractivity contribution in [1.82, 2.24) is 0 Å². The van der Waals surface area contributed by atoms with Crippen LogP contribution in [0.3, 0.4) is 0 Å². The van der Waals surface area contributed by atoms with Gasteiger partial charge in [-0.25, -0.2) is 0 Å². The largest absolute Gasteiger partial charge is 0.0651 e. The summed E-state index contributed by atoms with van der Waals surface area (Å²) in [5.41, 5.74) is 0.718. The molecule has 11 heavy (non-hydrogen) atoms. The molecule has 0 aromatic rings. The predicted octanol–water partition coefficient (Wildman–Crippen LogP) is 3.43. The minimum absolute atomic E-state index is 0.718. The maximum atomic E-state index is 3.84. The van der Waals surface area contributed by atoms with Gasteiger partial charge >= 0.3 is 0 Å². The molecule has 0 fully saturated rings. The van der Waals surface area contributed by atoms with Crippen LogP contribution in [-0.4, -0.2) is 10.2 Å². The Morgan fingerprint density at radius 2 is 1.45 bits per heavy atom. The molecule has 0 aliphatic carbocycles. The molecule has 65 valence electrons. The highest BCUT2D eigenvalue weighted by Crippen LogP contribution is 2.30. The van der Waals surface area contributed by atoms with Crippen molar-refractivity contribution in [2.75, 3.05) is 0 Å². The molecule has 0 spiro atoms. The van der Waals surface area contributed by atoms with E-state index < -0.39 is 0 Å². The summed E-state index contributed by atoms with van der Waals surface area (Å²) in [7, 11) is 3.84. The molecule has 0 aromatic heterocycles. The lowest BCUT2D eigenvalue weighted by Crippen LogP contribution is -2.14. The molecule has 0 heterocycles. The first-order valence-electron chi connectivity index (χ1n) is 4.88. The Balaban J connectivity index is 3.86. The molecule has 3 radical (unpaired) electrons. The third kappa shape index (κ3) is 3.41. The first-order chi connectivity index (χ1) is 5.17. The maximum Gasteiger partial charge on any atom is 0.0273 e. The molecule has 0 nitrogen and oxygen atoms in total. The van der Waals surface area contributed by atoms with Gasteiger partial charge in [0.2, 0.25) is 0 Å². The molecule has 0 aliphatic rings. The van der Waals surface area contributed by atoms with Crippen LogP contribution in [0.4, 0.5) is 0 Å². The molecule has 2 atom stereocenters. The van der Waals surface area contributed by atoms with Gasteiger partial charge in [-0.1, -0.05) is 47.0 Å². The Hall–Kier alpha value is 0.217. The first-order valence-corrected chi connectivity index (χ1v) is 5.46. The number of rotatable bonds is 5. The van der Waals surface area contributed by atoms with Gasteiger partial charge in [0.1, 0.15) is 0 Å². The average molecular weight is 169 g/mol. The van der Waals surface area contributed by atoms with Crippen LogP contribution in [0.1, 0.15) is 47.0 Å². The van der Waals surface area contributed by atoms with Crippen LogP contribution in [0, 0.1) is 11.8 Å². The van der Waals surface area contributed by atoms with Gasteiger partial charge in [0.05, 0.1) is 0 Å². The smallest absolute Gasteiger partial charge is 0.0273 e. The van der Waals surface area contributed by atoms with Crippen LogP contribution in [0.2, 0.25) is 5.54 Å². The first kappa shape index (κ1) is 11.2. The van der Waals surface area contributed by atoms with Gasteiger partial charge < -0.3 is 0 Å². The van der Waals surface area contributed by atoms with Gasteiger partial charge in [0, 0.05) is 10.2 Å². The Kier molecular flexibility index (Phi) is 5.93. The quantitative estimate of drug-likeness (QED) is 0.553. The second-order valence-electron chi connectivity index (χ2n) is 3.49. The van der Waals surface area contributed by atoms with E-state index in [4.69, 9.17) is 0 Å². The van der Waals surface area contributed by atoms with Crippen LogP contribution in [0.15, 0.2) is 0 Å². The molecule has 0 saturated heterocycles. The monoisotopic (exact) mass is 169 g/mol. The highest BCUT2D eigenvalue weighted by Gasteiger charge is 2.18. The molecule has 0 aliphatic heterocycles. The zero-order chi connectivity index (χ0) is 8.85. The number of hydrogen-bond donors (Lipinski definition) is 0. The fourth-order valence-electron chi connectivity index (χ4n) is 1.52. The lowest BCUT2D eigenvalue weighted by molar-refractivity contribution is 0.365. The summed E-state index contributed by atoms with van der Waals surface area (Å²) in [6.07, 6.45) is 3.88. The van der Waals surface area contributed by atoms with Crippen molar-refractivity contribution in [3.63, 3.8) is 0 Å². The zero-order valence-electron chi connectivity index (χ0n) is 8.35. The average Bonchev–Trinajstić information content (AvgIpc) is 2.05. The maximum absolute atomic E-state index is 3.84. The van der Waals surface area contributed by atoms with Crippen LogP contribution < -0.4 is 0 Å². The van der Waals surface area contributed by atoms with E-state index in [1.54, 1.807) is 0 Å². The van der Waals surface area contributed by atoms with E-state index in [0.717, 1.165) is 17.4 Å². The van der Waals surface area contributed by atoms with E-state index in [-0.39, 0.29) is 0 Å². The summed E-state index contributed by atoms with van der Waals surface area (Å²) in [6.45, 7) is 9.16. The van der Waals surface area contributed by atoms with Gasteiger partial charge in [-0.15, -0.1) is 0 Å². The SMILES string of the molecule is CCC(C)C([Si])C(CC)CC. The van der Waals surface area contributed by atoms with Crippen molar-refractivity contribution in [2.24, 2.45) is 11.8 Å². The lowest BCUT2D eigenvalue weighted by Gasteiger charge is -2.26. The molecule has 0 saturated carbocycles. The van der Waals surface area contributed by atoms with Gasteiger partial charge in [0.25, 0.3) is 0 Å². The van der Waals surface area contributed by atoms with Crippen LogP contribution in [0.25, 0.3) is 0 Å². The van der Waals surface area contributed by atoms with E-state index in [0.29, 0.717) is 0 Å². The molecule has 0 bridgehead atoms. The van der Waals surface area contributed by atoms with Crippen LogP contribution >= 0.6 is 0 Å². The van der Waals surface area contributed by atoms with Crippen molar-refractivity contribution in [2.45, 2.75) is 52.5 Å². The highest BCUT2D eigenvalue weighted by molar-refractivity contribution is 6.12. The Labute approximate surface area is 75.2 Å². The van der Waals surface area contributed by atoms with E-state index in [9.17, 15) is 0 Å². The Morgan fingerprint density at radius 1 is 1.00 bits per heavy atom. The highest BCUT2D eigenvalue weighted by atomic mass is 28.1. The summed E-state index contributed by atoms with van der Waals surface area (Å²) < 4.78 is 0. The summed E-state index contributed by atoms with van der Waals surface area (Å²) in [5, 5.41) is 0. The topological polar surface area (TPSA) is 0 Å². The van der Waals surface area contributed by atoms with Crippen molar-refractivity contribution >= 4 is 10.2 Å². The van der Waals surface area contributed by atoms with Gasteiger partial charge in [0.15, 0.2) is 0 Å². The predicted molar refractivity (Wildman–Crippen MR) is 53.0 cm³/mol. The van der Waals surface area contributed by atoms with Crippen molar-refractivity contribution < 1.29 is 0 Å². The van der Waals surface area contributed by atoms with Crippen molar-refractivity contribution in [3.05, 3.63) is 0 Å². The molecule has 0 rings (SSSR count). The number of hydrogen-bond acceptors (Lipinski definition) is 0. The molecule has 0 aromatic carbocycles.